The summed E-state index contributed by atoms with van der Waals surface area (Å²) in [7, 11) is 2.21. The van der Waals surface area contributed by atoms with Gasteiger partial charge in [-0.1, -0.05) is 23.7 Å². The summed E-state index contributed by atoms with van der Waals surface area (Å²) in [5, 5.41) is 0.769. The fourth-order valence-corrected chi connectivity index (χ4v) is 3.06. The molecule has 0 bridgehead atoms. The van der Waals surface area contributed by atoms with Crippen LogP contribution in [0.5, 0.6) is 0 Å². The zero-order valence-electron chi connectivity index (χ0n) is 12.6. The highest BCUT2D eigenvalue weighted by atomic mass is 35.5. The summed E-state index contributed by atoms with van der Waals surface area (Å²) < 4.78 is 0. The van der Waals surface area contributed by atoms with Gasteiger partial charge in [-0.2, -0.15) is 0 Å². The van der Waals surface area contributed by atoms with E-state index < -0.39 is 0 Å². The molecule has 1 heterocycles. The van der Waals surface area contributed by atoms with Crippen LogP contribution >= 0.6 is 11.6 Å². The van der Waals surface area contributed by atoms with Gasteiger partial charge in [0.1, 0.15) is 0 Å². The Hall–Kier alpha value is -0.610. The van der Waals surface area contributed by atoms with Gasteiger partial charge in [-0.15, -0.1) is 0 Å². The average molecular weight is 296 g/mol. The minimum Gasteiger partial charge on any atom is -0.324 e. The highest BCUT2D eigenvalue weighted by Gasteiger charge is 2.20. The van der Waals surface area contributed by atoms with Gasteiger partial charge in [0.15, 0.2) is 0 Å². The predicted molar refractivity (Wildman–Crippen MR) is 86.1 cm³/mol. The van der Waals surface area contributed by atoms with Crippen molar-refractivity contribution in [2.24, 2.45) is 5.73 Å². The number of hydrogen-bond donors (Lipinski definition) is 1. The Morgan fingerprint density at radius 2 is 2.00 bits per heavy atom. The first-order chi connectivity index (χ1) is 9.56. The van der Waals surface area contributed by atoms with Crippen molar-refractivity contribution >= 4 is 11.6 Å². The van der Waals surface area contributed by atoms with Gasteiger partial charge in [-0.05, 0) is 57.6 Å². The molecule has 1 aliphatic rings. The topological polar surface area (TPSA) is 32.5 Å². The van der Waals surface area contributed by atoms with E-state index in [1.807, 2.05) is 24.3 Å². The molecule has 0 aromatic heterocycles. The minimum absolute atomic E-state index is 0.0976. The second kappa shape index (κ2) is 7.41. The molecule has 1 aliphatic heterocycles. The maximum atomic E-state index is 6.29. The molecule has 0 spiro atoms. The molecule has 1 aromatic carbocycles. The summed E-state index contributed by atoms with van der Waals surface area (Å²) in [6, 6.07) is 8.61. The summed E-state index contributed by atoms with van der Waals surface area (Å²) in [6.07, 6.45) is 2.24. The zero-order valence-corrected chi connectivity index (χ0v) is 13.3. The maximum absolute atomic E-state index is 6.29. The van der Waals surface area contributed by atoms with E-state index in [0.717, 1.165) is 24.5 Å². The molecule has 0 saturated carbocycles. The quantitative estimate of drug-likeness (QED) is 0.927. The van der Waals surface area contributed by atoms with Gasteiger partial charge >= 0.3 is 0 Å². The third-order valence-electron chi connectivity index (χ3n) is 4.21. The average Bonchev–Trinajstić information content (AvgIpc) is 2.57. The number of nitrogens with two attached hydrogens (primary N) is 1. The Bertz CT molecular complexity index is 407. The van der Waals surface area contributed by atoms with Crippen molar-refractivity contribution in [3.63, 3.8) is 0 Å². The predicted octanol–water partition coefficient (Wildman–Crippen LogP) is 2.76. The summed E-state index contributed by atoms with van der Waals surface area (Å²) in [5.41, 5.74) is 7.47. The Morgan fingerprint density at radius 3 is 2.70 bits per heavy atom. The molecular formula is C16H26ClN3. The van der Waals surface area contributed by atoms with Gasteiger partial charge in [0.05, 0.1) is 0 Å². The van der Waals surface area contributed by atoms with Crippen molar-refractivity contribution in [3.05, 3.63) is 34.9 Å². The highest BCUT2D eigenvalue weighted by molar-refractivity contribution is 6.30. The standard InChI is InChI=1S/C16H26ClN3/c1-13-12-19(2)9-3-10-20(13)11-8-16(18)14-4-6-15(17)7-5-14/h4-7,13,16H,3,8-12,18H2,1-2H3. The van der Waals surface area contributed by atoms with E-state index in [2.05, 4.69) is 23.8 Å². The summed E-state index contributed by atoms with van der Waals surface area (Å²) >= 11 is 5.91. The van der Waals surface area contributed by atoms with Crippen molar-refractivity contribution in [1.82, 2.24) is 9.80 Å². The molecule has 20 heavy (non-hydrogen) atoms. The van der Waals surface area contributed by atoms with Crippen LogP contribution in [-0.4, -0.2) is 49.1 Å². The van der Waals surface area contributed by atoms with Gasteiger partial charge in [-0.25, -0.2) is 0 Å². The monoisotopic (exact) mass is 295 g/mol. The van der Waals surface area contributed by atoms with Crippen LogP contribution in [0.4, 0.5) is 0 Å². The normalized spacial score (nSPS) is 23.5. The van der Waals surface area contributed by atoms with Crippen LogP contribution in [0, 0.1) is 0 Å². The lowest BCUT2D eigenvalue weighted by molar-refractivity contribution is 0.196. The molecule has 2 atom stereocenters. The first-order valence-corrected chi connectivity index (χ1v) is 7.87. The molecule has 2 unspecified atom stereocenters. The fourth-order valence-electron chi connectivity index (χ4n) is 2.94. The lowest BCUT2D eigenvalue weighted by atomic mass is 10.0. The molecular weight excluding hydrogens is 270 g/mol. The molecule has 1 saturated heterocycles. The zero-order chi connectivity index (χ0) is 14.5. The van der Waals surface area contributed by atoms with Gasteiger partial charge in [0.25, 0.3) is 0 Å². The number of nitrogens with zero attached hydrogens (tertiary/aromatic N) is 2. The smallest absolute Gasteiger partial charge is 0.0406 e. The molecule has 1 aromatic rings. The lowest BCUT2D eigenvalue weighted by Gasteiger charge is -2.28. The van der Waals surface area contributed by atoms with Crippen LogP contribution in [0.15, 0.2) is 24.3 Å². The SMILES string of the molecule is CC1CN(C)CCCN1CCC(N)c1ccc(Cl)cc1. The molecule has 112 valence electrons. The maximum Gasteiger partial charge on any atom is 0.0406 e. The van der Waals surface area contributed by atoms with Crippen molar-refractivity contribution < 1.29 is 0 Å². The Kier molecular flexibility index (Phi) is 5.85. The molecule has 0 aliphatic carbocycles. The molecule has 2 N–H and O–H groups in total. The Morgan fingerprint density at radius 1 is 1.30 bits per heavy atom. The van der Waals surface area contributed by atoms with Crippen molar-refractivity contribution in [1.29, 1.82) is 0 Å². The van der Waals surface area contributed by atoms with E-state index in [1.165, 1.54) is 25.1 Å². The lowest BCUT2D eigenvalue weighted by Crippen LogP contribution is -2.39. The van der Waals surface area contributed by atoms with Gasteiger partial charge in [0.2, 0.25) is 0 Å². The molecule has 2 rings (SSSR count). The van der Waals surface area contributed by atoms with Crippen molar-refractivity contribution in [2.45, 2.75) is 31.8 Å². The molecule has 1 fully saturated rings. The van der Waals surface area contributed by atoms with E-state index in [0.29, 0.717) is 6.04 Å². The van der Waals surface area contributed by atoms with Crippen LogP contribution < -0.4 is 5.73 Å². The van der Waals surface area contributed by atoms with E-state index in [4.69, 9.17) is 17.3 Å². The van der Waals surface area contributed by atoms with Gasteiger partial charge in [0, 0.05) is 30.2 Å². The molecule has 0 radical (unpaired) electrons. The Labute approximate surface area is 127 Å². The van der Waals surface area contributed by atoms with Crippen LogP contribution in [0.25, 0.3) is 0 Å². The van der Waals surface area contributed by atoms with Crippen LogP contribution in [0.1, 0.15) is 31.4 Å². The first kappa shape index (κ1) is 15.8. The summed E-state index contributed by atoms with van der Waals surface area (Å²) in [4.78, 5) is 4.99. The third kappa shape index (κ3) is 4.45. The van der Waals surface area contributed by atoms with E-state index in [9.17, 15) is 0 Å². The fraction of sp³-hybridized carbons (Fsp3) is 0.625. The second-order valence-corrected chi connectivity index (χ2v) is 6.38. The van der Waals surface area contributed by atoms with E-state index in [1.54, 1.807) is 0 Å². The van der Waals surface area contributed by atoms with Crippen LogP contribution in [0.2, 0.25) is 5.02 Å². The number of benzene rings is 1. The first-order valence-electron chi connectivity index (χ1n) is 7.50. The van der Waals surface area contributed by atoms with Crippen LogP contribution in [0.3, 0.4) is 0 Å². The van der Waals surface area contributed by atoms with Gasteiger partial charge in [-0.3, -0.25) is 4.90 Å². The highest BCUT2D eigenvalue weighted by Crippen LogP contribution is 2.18. The van der Waals surface area contributed by atoms with Crippen molar-refractivity contribution in [2.75, 3.05) is 33.2 Å². The third-order valence-corrected chi connectivity index (χ3v) is 4.46. The number of hydrogen-bond acceptors (Lipinski definition) is 3. The Balaban J connectivity index is 1.86. The van der Waals surface area contributed by atoms with E-state index >= 15 is 0 Å². The minimum atomic E-state index is 0.0976. The molecule has 3 nitrogen and oxygen atoms in total. The number of rotatable bonds is 4. The number of likely N-dealkylation sites (N-methyl/N-ethyl adjacent to an activating group) is 1. The largest absolute Gasteiger partial charge is 0.324 e. The van der Waals surface area contributed by atoms with Crippen LogP contribution in [-0.2, 0) is 0 Å². The molecule has 4 heteroatoms. The molecule has 0 amide bonds. The number of halogens is 1. The second-order valence-electron chi connectivity index (χ2n) is 5.95. The van der Waals surface area contributed by atoms with Gasteiger partial charge < -0.3 is 10.6 Å². The summed E-state index contributed by atoms with van der Waals surface area (Å²) in [6.45, 7) is 6.91. The van der Waals surface area contributed by atoms with E-state index in [-0.39, 0.29) is 6.04 Å². The summed E-state index contributed by atoms with van der Waals surface area (Å²) in [5.74, 6) is 0. The van der Waals surface area contributed by atoms with Crippen molar-refractivity contribution in [3.8, 4) is 0 Å².